The topological polar surface area (TPSA) is 125 Å². The Labute approximate surface area is 228 Å². The van der Waals surface area contributed by atoms with Gasteiger partial charge in [0, 0.05) is 16.4 Å². The average molecular weight is 545 g/mol. The molecule has 0 aromatic carbocycles. The molecule has 0 unspecified atom stereocenters. The molecule has 1 spiro atoms. The van der Waals surface area contributed by atoms with Gasteiger partial charge in [-0.15, -0.1) is 0 Å². The van der Waals surface area contributed by atoms with Crippen LogP contribution in [0.1, 0.15) is 72.0 Å². The molecular weight excluding hydrogens is 504 g/mol. The Bertz CT molecular complexity index is 1210. The third-order valence-electron chi connectivity index (χ3n) is 12.4. The fraction of sp³-hybridized carbons (Fsp3) is 0.767. The van der Waals surface area contributed by atoms with E-state index in [1.165, 1.54) is 14.2 Å². The molecule has 9 nitrogen and oxygen atoms in total. The summed E-state index contributed by atoms with van der Waals surface area (Å²) in [6.45, 7) is 10.3. The van der Waals surface area contributed by atoms with E-state index in [1.807, 2.05) is 19.9 Å². The number of cyclic esters (lactones) is 1. The van der Waals surface area contributed by atoms with Gasteiger partial charge in [0.2, 0.25) is 0 Å². The van der Waals surface area contributed by atoms with Crippen LogP contribution in [0, 0.1) is 45.3 Å². The number of ether oxygens (including phenoxy) is 4. The Balaban J connectivity index is 1.58. The van der Waals surface area contributed by atoms with Crippen LogP contribution in [-0.4, -0.2) is 55.0 Å². The van der Waals surface area contributed by atoms with Crippen LogP contribution in [0.5, 0.6) is 0 Å². The van der Waals surface area contributed by atoms with Gasteiger partial charge in [-0.25, -0.2) is 4.79 Å². The summed E-state index contributed by atoms with van der Waals surface area (Å²) in [5, 5.41) is 11.3. The van der Waals surface area contributed by atoms with Crippen molar-refractivity contribution in [2.75, 3.05) is 14.2 Å². The molecule has 5 fully saturated rings. The van der Waals surface area contributed by atoms with Crippen molar-refractivity contribution in [1.82, 2.24) is 0 Å². The summed E-state index contributed by atoms with van der Waals surface area (Å²) in [5.74, 6) is -2.72. The number of carbonyl (C=O) groups excluding carboxylic acids is 3. The van der Waals surface area contributed by atoms with Gasteiger partial charge < -0.3 is 28.5 Å². The van der Waals surface area contributed by atoms with Gasteiger partial charge in [0.25, 0.3) is 0 Å². The van der Waals surface area contributed by atoms with E-state index < -0.39 is 63.4 Å². The highest BCUT2D eigenvalue weighted by Crippen LogP contribution is 2.81. The number of rotatable bonds is 3. The molecule has 9 heteroatoms. The minimum atomic E-state index is -1.01. The molecular formula is C30H40O9. The lowest BCUT2D eigenvalue weighted by atomic mass is 9.31. The molecule has 1 aromatic heterocycles. The summed E-state index contributed by atoms with van der Waals surface area (Å²) >= 11 is 0. The Kier molecular flexibility index (Phi) is 5.56. The fourth-order valence-corrected chi connectivity index (χ4v) is 10.5. The summed E-state index contributed by atoms with van der Waals surface area (Å²) in [6.07, 6.45) is 3.00. The number of furan rings is 1. The second kappa shape index (κ2) is 8.09. The van der Waals surface area contributed by atoms with Crippen LogP contribution >= 0.6 is 0 Å². The summed E-state index contributed by atoms with van der Waals surface area (Å²) in [7, 11) is 2.77. The highest BCUT2D eigenvalue weighted by Gasteiger charge is 2.89. The van der Waals surface area contributed by atoms with Gasteiger partial charge in [-0.1, -0.05) is 34.6 Å². The Morgan fingerprint density at radius 3 is 2.26 bits per heavy atom. The zero-order valence-corrected chi connectivity index (χ0v) is 23.8. The van der Waals surface area contributed by atoms with E-state index in [0.29, 0.717) is 19.3 Å². The summed E-state index contributed by atoms with van der Waals surface area (Å²) < 4.78 is 28.7. The molecule has 2 saturated heterocycles. The maximum atomic E-state index is 13.7. The van der Waals surface area contributed by atoms with E-state index in [-0.39, 0.29) is 30.2 Å². The van der Waals surface area contributed by atoms with Crippen molar-refractivity contribution in [2.24, 2.45) is 45.3 Å². The van der Waals surface area contributed by atoms with Crippen molar-refractivity contribution in [2.45, 2.75) is 84.2 Å². The zero-order chi connectivity index (χ0) is 28.3. The van der Waals surface area contributed by atoms with Crippen LogP contribution < -0.4 is 0 Å². The van der Waals surface area contributed by atoms with Gasteiger partial charge in [0.15, 0.2) is 6.10 Å². The molecule has 3 heterocycles. The third-order valence-corrected chi connectivity index (χ3v) is 12.4. The summed E-state index contributed by atoms with van der Waals surface area (Å²) in [5.41, 5.74) is -2.97. The van der Waals surface area contributed by atoms with E-state index in [2.05, 4.69) is 20.8 Å². The van der Waals surface area contributed by atoms with E-state index in [0.717, 1.165) is 5.56 Å². The van der Waals surface area contributed by atoms with Crippen LogP contribution in [-0.2, 0) is 33.3 Å². The molecule has 1 N–H and O–H groups in total. The Morgan fingerprint density at radius 1 is 0.974 bits per heavy atom. The second-order valence-electron chi connectivity index (χ2n) is 13.8. The molecule has 1 aromatic rings. The minimum Gasteiger partial charge on any atom is -0.472 e. The van der Waals surface area contributed by atoms with E-state index in [1.54, 1.807) is 12.5 Å². The first kappa shape index (κ1) is 26.8. The number of aliphatic hydroxyl groups is 1. The van der Waals surface area contributed by atoms with E-state index in [9.17, 15) is 19.5 Å². The maximum Gasteiger partial charge on any atom is 0.339 e. The van der Waals surface area contributed by atoms with Crippen molar-refractivity contribution >= 4 is 17.9 Å². The van der Waals surface area contributed by atoms with Crippen molar-refractivity contribution in [1.29, 1.82) is 0 Å². The van der Waals surface area contributed by atoms with E-state index in [4.69, 9.17) is 23.4 Å². The lowest BCUT2D eigenvalue weighted by Crippen LogP contribution is -2.74. The second-order valence-corrected chi connectivity index (χ2v) is 13.8. The molecule has 214 valence electrons. The lowest BCUT2D eigenvalue weighted by Gasteiger charge is -2.71. The molecule has 0 amide bonds. The van der Waals surface area contributed by atoms with Crippen molar-refractivity contribution in [3.8, 4) is 0 Å². The summed E-state index contributed by atoms with van der Waals surface area (Å²) in [6, 6.07) is 1.81. The smallest absolute Gasteiger partial charge is 0.339 e. The predicted molar refractivity (Wildman–Crippen MR) is 136 cm³/mol. The standard InChI is InChI=1S/C30H40O9/c1-26(2)19-12-17(24(33)36-7)29(5)18(28(19,4)16(13-20(26)31)23(32)35-6)8-10-27(3)21(15-9-11-37-14-15)38-25(34)22-30(27,29)39-22/h9,11,14,16-22,31H,8,10,12-13H2,1-7H3/t16-,17+,18+,19-,20-,21+,22-,27+,28-,29-,30+/m1/s1. The third kappa shape index (κ3) is 2.91. The summed E-state index contributed by atoms with van der Waals surface area (Å²) in [4.78, 5) is 40.5. The molecule has 0 radical (unpaired) electrons. The predicted octanol–water partition coefficient (Wildman–Crippen LogP) is 3.83. The number of aliphatic hydroxyl groups excluding tert-OH is 1. The van der Waals surface area contributed by atoms with Crippen LogP contribution in [0.15, 0.2) is 23.0 Å². The van der Waals surface area contributed by atoms with E-state index >= 15 is 0 Å². The number of fused-ring (bicyclic) bond motifs is 3. The molecule has 0 bridgehead atoms. The zero-order valence-electron chi connectivity index (χ0n) is 23.8. The fourth-order valence-electron chi connectivity index (χ4n) is 10.5. The first-order valence-electron chi connectivity index (χ1n) is 14.0. The molecule has 5 aliphatic rings. The van der Waals surface area contributed by atoms with Crippen LogP contribution in [0.4, 0.5) is 0 Å². The quantitative estimate of drug-likeness (QED) is 0.343. The first-order valence-corrected chi connectivity index (χ1v) is 14.0. The molecule has 3 saturated carbocycles. The van der Waals surface area contributed by atoms with Crippen LogP contribution in [0.25, 0.3) is 0 Å². The highest BCUT2D eigenvalue weighted by molar-refractivity contribution is 5.84. The molecule has 2 aliphatic heterocycles. The van der Waals surface area contributed by atoms with Gasteiger partial charge in [-0.3, -0.25) is 9.59 Å². The highest BCUT2D eigenvalue weighted by atomic mass is 16.7. The average Bonchev–Trinajstić information content (AvgIpc) is 3.47. The van der Waals surface area contributed by atoms with Crippen LogP contribution in [0.3, 0.4) is 0 Å². The van der Waals surface area contributed by atoms with Gasteiger partial charge in [0.1, 0.15) is 11.7 Å². The van der Waals surface area contributed by atoms with Gasteiger partial charge in [-0.2, -0.15) is 0 Å². The molecule has 39 heavy (non-hydrogen) atoms. The van der Waals surface area contributed by atoms with Gasteiger partial charge in [-0.05, 0) is 54.4 Å². The first-order chi connectivity index (χ1) is 18.3. The van der Waals surface area contributed by atoms with Gasteiger partial charge >= 0.3 is 17.9 Å². The maximum absolute atomic E-state index is 13.7. The number of carbonyl (C=O) groups is 3. The number of hydrogen-bond donors (Lipinski definition) is 1. The van der Waals surface area contributed by atoms with Crippen LogP contribution in [0.2, 0.25) is 0 Å². The Morgan fingerprint density at radius 2 is 1.64 bits per heavy atom. The number of hydrogen-bond acceptors (Lipinski definition) is 9. The molecule has 3 aliphatic carbocycles. The molecule has 11 atom stereocenters. The number of methoxy groups -OCH3 is 2. The molecule has 6 rings (SSSR count). The monoisotopic (exact) mass is 544 g/mol. The van der Waals surface area contributed by atoms with Crippen molar-refractivity contribution < 1.29 is 42.9 Å². The lowest BCUT2D eigenvalue weighted by molar-refractivity contribution is -0.273. The van der Waals surface area contributed by atoms with Gasteiger partial charge in [0.05, 0.1) is 44.7 Å². The Hall–Kier alpha value is -2.39. The minimum absolute atomic E-state index is 0.182. The van der Waals surface area contributed by atoms with Crippen molar-refractivity contribution in [3.05, 3.63) is 24.2 Å². The number of epoxide rings is 1. The van der Waals surface area contributed by atoms with Crippen molar-refractivity contribution in [3.63, 3.8) is 0 Å². The number of esters is 3. The largest absolute Gasteiger partial charge is 0.472 e. The SMILES string of the molecule is COC(=O)[C@H]1C[C@@H](O)C(C)(C)[C@H]2C[C@@H](C(=O)OC)[C@]3(C)[C@@H](CC[C@@]4(C)[C@H](c5ccoc5)OC(=O)[C@H]5O[C@]534)[C@@]12C. The normalized spacial score (nSPS) is 49.3.